The van der Waals surface area contributed by atoms with Crippen molar-refractivity contribution in [2.75, 3.05) is 7.11 Å². The Labute approximate surface area is 105 Å². The Hall–Kier alpha value is -0.140. The number of carbonyl (C=O) groups excluding carboxylic acids is 1. The second-order valence-corrected chi connectivity index (χ2v) is 3.13. The van der Waals surface area contributed by atoms with Crippen molar-refractivity contribution < 1.29 is 52.3 Å². The van der Waals surface area contributed by atoms with E-state index in [1.165, 1.54) is 14.0 Å². The molecular weight excluding hydrogens is 219 g/mol. The van der Waals surface area contributed by atoms with Gasteiger partial charge in [0.05, 0.1) is 7.11 Å². The molecule has 1 heterocycles. The van der Waals surface area contributed by atoms with E-state index in [9.17, 15) is 13.6 Å². The van der Waals surface area contributed by atoms with Gasteiger partial charge in [-0.05, 0) is 6.92 Å². The first kappa shape index (κ1) is 13.9. The normalized spacial score (nSPS) is 11.6. The summed E-state index contributed by atoms with van der Waals surface area (Å²) in [5, 5.41) is -0.266. The predicted molar refractivity (Wildman–Crippen MR) is 42.0 cm³/mol. The summed E-state index contributed by atoms with van der Waals surface area (Å²) >= 11 is -2.46. The Morgan fingerprint density at radius 1 is 1.64 bits per heavy atom. The van der Waals surface area contributed by atoms with Crippen molar-refractivity contribution in [3.63, 3.8) is 0 Å². The standard InChI is InChI=1S/C7H8O5S.Na/c1-4-5(7(8)11-2)3-6(12-4)13(9)10;/h3H,1-2H3,(H,9,10);/q;+1/p-1. The maximum atomic E-state index is 11.0. The molecule has 1 aromatic heterocycles. The van der Waals surface area contributed by atoms with E-state index in [0.717, 1.165) is 6.07 Å². The van der Waals surface area contributed by atoms with Crippen LogP contribution in [0.3, 0.4) is 0 Å². The van der Waals surface area contributed by atoms with E-state index in [0.29, 0.717) is 0 Å². The van der Waals surface area contributed by atoms with Gasteiger partial charge in [0, 0.05) is 17.1 Å². The summed E-state index contributed by atoms with van der Waals surface area (Å²) in [7, 11) is 1.21. The molecule has 0 saturated heterocycles. The average Bonchev–Trinajstić information content (AvgIpc) is 2.46. The average molecular weight is 226 g/mol. The molecule has 1 aromatic rings. The molecule has 0 aromatic carbocycles. The fourth-order valence-corrected chi connectivity index (χ4v) is 1.26. The molecule has 72 valence electrons. The van der Waals surface area contributed by atoms with Crippen LogP contribution in [0.25, 0.3) is 0 Å². The Bertz CT molecular complexity index is 359. The molecule has 0 amide bonds. The van der Waals surface area contributed by atoms with Gasteiger partial charge in [-0.15, -0.1) is 0 Å². The molecule has 0 bridgehead atoms. The molecular formula is C7H7NaO5S. The van der Waals surface area contributed by atoms with Crippen LogP contribution in [0.1, 0.15) is 16.1 Å². The monoisotopic (exact) mass is 226 g/mol. The van der Waals surface area contributed by atoms with Gasteiger partial charge in [-0.25, -0.2) is 4.79 Å². The summed E-state index contributed by atoms with van der Waals surface area (Å²) in [6.45, 7) is 1.49. The third-order valence-corrected chi connectivity index (χ3v) is 1.99. The fraction of sp³-hybridized carbons (Fsp3) is 0.286. The molecule has 5 nitrogen and oxygen atoms in total. The summed E-state index contributed by atoms with van der Waals surface area (Å²) in [5.74, 6) is -0.385. The summed E-state index contributed by atoms with van der Waals surface area (Å²) in [4.78, 5) is 11.0. The van der Waals surface area contributed by atoms with E-state index in [2.05, 4.69) is 4.74 Å². The number of esters is 1. The van der Waals surface area contributed by atoms with Gasteiger partial charge in [0.2, 0.25) is 0 Å². The van der Waals surface area contributed by atoms with Gasteiger partial charge in [0.15, 0.2) is 5.09 Å². The molecule has 0 spiro atoms. The molecule has 0 aliphatic rings. The predicted octanol–water partition coefficient (Wildman–Crippen LogP) is -2.38. The molecule has 0 aliphatic heterocycles. The summed E-state index contributed by atoms with van der Waals surface area (Å²) in [6.07, 6.45) is 0. The van der Waals surface area contributed by atoms with Gasteiger partial charge < -0.3 is 13.7 Å². The Balaban J connectivity index is 0.00000169. The summed E-state index contributed by atoms with van der Waals surface area (Å²) in [6, 6.07) is 1.13. The Morgan fingerprint density at radius 2 is 2.21 bits per heavy atom. The van der Waals surface area contributed by atoms with E-state index >= 15 is 0 Å². The number of methoxy groups -OCH3 is 1. The van der Waals surface area contributed by atoms with Crippen molar-refractivity contribution in [1.82, 2.24) is 0 Å². The minimum absolute atomic E-state index is 0. The zero-order chi connectivity index (χ0) is 10.0. The number of aryl methyl sites for hydroxylation is 1. The number of ether oxygens (including phenoxy) is 1. The molecule has 0 radical (unpaired) electrons. The smallest absolute Gasteiger partial charge is 0.766 e. The van der Waals surface area contributed by atoms with E-state index in [4.69, 9.17) is 4.42 Å². The Kier molecular flexibility index (Phi) is 5.61. The van der Waals surface area contributed by atoms with Gasteiger partial charge in [0.1, 0.15) is 11.3 Å². The Morgan fingerprint density at radius 3 is 2.57 bits per heavy atom. The van der Waals surface area contributed by atoms with Crippen LogP contribution in [0, 0.1) is 6.92 Å². The number of hydrogen-bond acceptors (Lipinski definition) is 5. The fourth-order valence-electron chi connectivity index (χ4n) is 0.850. The molecule has 1 rings (SSSR count). The first-order chi connectivity index (χ1) is 6.06. The maximum absolute atomic E-state index is 11.0. The number of furan rings is 1. The third-order valence-electron chi connectivity index (χ3n) is 1.46. The van der Waals surface area contributed by atoms with Gasteiger partial charge in [0.25, 0.3) is 0 Å². The van der Waals surface area contributed by atoms with E-state index < -0.39 is 17.0 Å². The van der Waals surface area contributed by atoms with Gasteiger partial charge >= 0.3 is 35.5 Å². The molecule has 7 heteroatoms. The SMILES string of the molecule is COC(=O)c1cc(S(=O)[O-])oc1C.[Na+]. The van der Waals surface area contributed by atoms with Gasteiger partial charge in [-0.2, -0.15) is 0 Å². The zero-order valence-corrected chi connectivity index (χ0v) is 10.8. The van der Waals surface area contributed by atoms with E-state index in [-0.39, 0.29) is 46.0 Å². The van der Waals surface area contributed by atoms with Crippen molar-refractivity contribution in [3.8, 4) is 0 Å². The minimum Gasteiger partial charge on any atom is -0.766 e. The van der Waals surface area contributed by atoms with Crippen LogP contribution in [0.4, 0.5) is 0 Å². The van der Waals surface area contributed by atoms with E-state index in [1.54, 1.807) is 0 Å². The molecule has 0 saturated carbocycles. The molecule has 1 atom stereocenters. The van der Waals surface area contributed by atoms with Crippen molar-refractivity contribution >= 4 is 17.0 Å². The van der Waals surface area contributed by atoms with Crippen LogP contribution in [-0.2, 0) is 15.8 Å². The van der Waals surface area contributed by atoms with Crippen molar-refractivity contribution in [2.45, 2.75) is 12.0 Å². The second kappa shape index (κ2) is 5.67. The van der Waals surface area contributed by atoms with Crippen LogP contribution in [0.15, 0.2) is 15.6 Å². The van der Waals surface area contributed by atoms with Crippen molar-refractivity contribution in [1.29, 1.82) is 0 Å². The summed E-state index contributed by atoms with van der Waals surface area (Å²) < 4.78 is 30.1. The molecule has 0 aliphatic carbocycles. The van der Waals surface area contributed by atoms with Crippen LogP contribution in [0.2, 0.25) is 0 Å². The molecule has 0 fully saturated rings. The molecule has 14 heavy (non-hydrogen) atoms. The number of carbonyl (C=O) groups is 1. The maximum Gasteiger partial charge on any atom is 1.00 e. The topological polar surface area (TPSA) is 79.6 Å². The van der Waals surface area contributed by atoms with Crippen molar-refractivity contribution in [2.24, 2.45) is 0 Å². The third kappa shape index (κ3) is 2.93. The molecule has 0 N–H and O–H groups in total. The van der Waals surface area contributed by atoms with Gasteiger partial charge in [-0.1, -0.05) is 0 Å². The number of hydrogen-bond donors (Lipinski definition) is 0. The zero-order valence-electron chi connectivity index (χ0n) is 8.03. The van der Waals surface area contributed by atoms with Crippen LogP contribution >= 0.6 is 0 Å². The van der Waals surface area contributed by atoms with E-state index in [1.807, 2.05) is 0 Å². The summed E-state index contributed by atoms with van der Waals surface area (Å²) in [5.41, 5.74) is 0.127. The van der Waals surface area contributed by atoms with Crippen LogP contribution in [-0.4, -0.2) is 21.8 Å². The first-order valence-corrected chi connectivity index (χ1v) is 4.41. The minimum atomic E-state index is -2.46. The van der Waals surface area contributed by atoms with Gasteiger partial charge in [-0.3, -0.25) is 4.21 Å². The molecule has 1 unspecified atom stereocenters. The van der Waals surface area contributed by atoms with Crippen LogP contribution in [0.5, 0.6) is 0 Å². The first-order valence-electron chi connectivity index (χ1n) is 3.34. The largest absolute Gasteiger partial charge is 1.00 e. The van der Waals surface area contributed by atoms with Crippen LogP contribution < -0.4 is 29.6 Å². The quantitative estimate of drug-likeness (QED) is 0.319. The second-order valence-electron chi connectivity index (χ2n) is 2.26. The number of rotatable bonds is 2. The van der Waals surface area contributed by atoms with Crippen molar-refractivity contribution in [3.05, 3.63) is 17.4 Å².